The third-order valence-electron chi connectivity index (χ3n) is 5.90. The van der Waals surface area contributed by atoms with Gasteiger partial charge in [0.05, 0.1) is 25.5 Å². The number of hydrogen-bond donors (Lipinski definition) is 0. The van der Waals surface area contributed by atoms with Crippen LogP contribution in [0.1, 0.15) is 29.7 Å². The van der Waals surface area contributed by atoms with Crippen LogP contribution in [-0.4, -0.2) is 49.3 Å². The molecule has 36 heavy (non-hydrogen) atoms. The molecule has 1 aromatic heterocycles. The molecule has 0 aliphatic carbocycles. The maximum absolute atomic E-state index is 13.5. The molecule has 1 unspecified atom stereocenters. The van der Waals surface area contributed by atoms with Crippen molar-refractivity contribution in [3.8, 4) is 0 Å². The lowest BCUT2D eigenvalue weighted by Gasteiger charge is -2.27. The zero-order valence-electron chi connectivity index (χ0n) is 19.8. The number of amides is 1. The second kappa shape index (κ2) is 12.1. The molecule has 0 bridgehead atoms. The maximum Gasteiger partial charge on any atom is 0.238 e. The van der Waals surface area contributed by atoms with Crippen molar-refractivity contribution in [1.82, 2.24) is 9.21 Å². The van der Waals surface area contributed by atoms with Gasteiger partial charge in [0.2, 0.25) is 15.9 Å². The fourth-order valence-electron chi connectivity index (χ4n) is 3.97. The molecule has 1 amide bonds. The molecular formula is C27H29FN2O5S. The Hall–Kier alpha value is -3.27. The summed E-state index contributed by atoms with van der Waals surface area (Å²) in [7, 11) is -3.92. The van der Waals surface area contributed by atoms with Crippen molar-refractivity contribution in [2.75, 3.05) is 19.7 Å². The number of rotatable bonds is 11. The van der Waals surface area contributed by atoms with Gasteiger partial charge in [-0.2, -0.15) is 4.31 Å². The van der Waals surface area contributed by atoms with Crippen molar-refractivity contribution >= 4 is 22.0 Å². The van der Waals surface area contributed by atoms with Crippen LogP contribution in [-0.2, 0) is 32.6 Å². The van der Waals surface area contributed by atoms with E-state index >= 15 is 0 Å². The lowest BCUT2D eigenvalue weighted by atomic mass is 10.2. The van der Waals surface area contributed by atoms with Crippen molar-refractivity contribution in [2.24, 2.45) is 0 Å². The van der Waals surface area contributed by atoms with E-state index in [9.17, 15) is 17.6 Å². The van der Waals surface area contributed by atoms with Gasteiger partial charge in [-0.15, -0.1) is 0 Å². The number of halogens is 1. The molecule has 1 saturated heterocycles. The van der Waals surface area contributed by atoms with E-state index in [0.717, 1.165) is 23.8 Å². The highest BCUT2D eigenvalue weighted by molar-refractivity contribution is 7.92. The van der Waals surface area contributed by atoms with Crippen LogP contribution < -0.4 is 0 Å². The average molecular weight is 513 g/mol. The second-order valence-electron chi connectivity index (χ2n) is 8.64. The predicted molar refractivity (Wildman–Crippen MR) is 134 cm³/mol. The molecule has 9 heteroatoms. The number of sulfonamides is 1. The molecule has 1 atom stereocenters. The van der Waals surface area contributed by atoms with Crippen LogP contribution in [0.3, 0.4) is 0 Å². The summed E-state index contributed by atoms with van der Waals surface area (Å²) >= 11 is 0. The van der Waals surface area contributed by atoms with Crippen LogP contribution in [0.2, 0.25) is 0 Å². The molecule has 1 aliphatic heterocycles. The third kappa shape index (κ3) is 7.36. The SMILES string of the molecule is O=C(CN(CC1CCCO1)S(=O)(=O)/C=C/c1ccccc1)N(Cc1ccc(F)cc1)Cc1ccco1. The molecule has 2 heterocycles. The number of furan rings is 1. The van der Waals surface area contributed by atoms with Crippen molar-refractivity contribution in [2.45, 2.75) is 32.0 Å². The van der Waals surface area contributed by atoms with Gasteiger partial charge in [-0.1, -0.05) is 42.5 Å². The Morgan fingerprint density at radius 1 is 1.03 bits per heavy atom. The Morgan fingerprint density at radius 3 is 2.47 bits per heavy atom. The normalized spacial score (nSPS) is 16.1. The quantitative estimate of drug-likeness (QED) is 0.380. The van der Waals surface area contributed by atoms with E-state index in [-0.39, 0.29) is 38.1 Å². The zero-order valence-corrected chi connectivity index (χ0v) is 20.6. The van der Waals surface area contributed by atoms with Gasteiger partial charge in [0.1, 0.15) is 11.6 Å². The van der Waals surface area contributed by atoms with Gasteiger partial charge in [-0.25, -0.2) is 12.8 Å². The summed E-state index contributed by atoms with van der Waals surface area (Å²) < 4.78 is 52.3. The lowest BCUT2D eigenvalue weighted by Crippen LogP contribution is -2.44. The monoisotopic (exact) mass is 512 g/mol. The van der Waals surface area contributed by atoms with Crippen LogP contribution in [0.15, 0.2) is 82.8 Å². The molecule has 4 rings (SSSR count). The van der Waals surface area contributed by atoms with E-state index in [1.165, 1.54) is 33.7 Å². The molecule has 1 fully saturated rings. The first-order chi connectivity index (χ1) is 17.4. The number of ether oxygens (including phenoxy) is 1. The molecule has 1 aliphatic rings. The van der Waals surface area contributed by atoms with E-state index in [2.05, 4.69) is 0 Å². The number of hydrogen-bond acceptors (Lipinski definition) is 5. The van der Waals surface area contributed by atoms with Gasteiger partial charge < -0.3 is 14.1 Å². The van der Waals surface area contributed by atoms with E-state index < -0.39 is 15.9 Å². The van der Waals surface area contributed by atoms with Gasteiger partial charge in [0, 0.05) is 25.1 Å². The van der Waals surface area contributed by atoms with Crippen molar-refractivity contribution in [3.05, 3.63) is 101 Å². The first kappa shape index (κ1) is 25.8. The summed E-state index contributed by atoms with van der Waals surface area (Å²) in [5.74, 6) is -0.213. The topological polar surface area (TPSA) is 80.1 Å². The highest BCUT2D eigenvalue weighted by atomic mass is 32.2. The van der Waals surface area contributed by atoms with Gasteiger partial charge in [-0.3, -0.25) is 4.79 Å². The predicted octanol–water partition coefficient (Wildman–Crippen LogP) is 4.43. The fourth-order valence-corrected chi connectivity index (χ4v) is 5.14. The number of nitrogens with zero attached hydrogens (tertiary/aromatic N) is 2. The summed E-state index contributed by atoms with van der Waals surface area (Å²) in [6.45, 7) is 0.619. The van der Waals surface area contributed by atoms with Crippen LogP contribution >= 0.6 is 0 Å². The summed E-state index contributed by atoms with van der Waals surface area (Å²) in [6.07, 6.45) is 4.34. The lowest BCUT2D eigenvalue weighted by molar-refractivity contribution is -0.133. The second-order valence-corrected chi connectivity index (χ2v) is 10.5. The number of carbonyl (C=O) groups is 1. The first-order valence-corrected chi connectivity index (χ1v) is 13.3. The maximum atomic E-state index is 13.5. The zero-order chi connectivity index (χ0) is 25.4. The molecule has 3 aromatic rings. The van der Waals surface area contributed by atoms with Gasteiger partial charge >= 0.3 is 0 Å². The molecule has 7 nitrogen and oxygen atoms in total. The summed E-state index contributed by atoms with van der Waals surface area (Å²) in [5, 5.41) is 1.13. The average Bonchev–Trinajstić information content (AvgIpc) is 3.58. The van der Waals surface area contributed by atoms with Gasteiger partial charge in [0.15, 0.2) is 0 Å². The van der Waals surface area contributed by atoms with Crippen molar-refractivity contribution in [3.63, 3.8) is 0 Å². The first-order valence-electron chi connectivity index (χ1n) is 11.8. The number of carbonyl (C=O) groups excluding carboxylic acids is 1. The molecule has 0 saturated carbocycles. The minimum Gasteiger partial charge on any atom is -0.467 e. The summed E-state index contributed by atoms with van der Waals surface area (Å²) in [6, 6.07) is 18.4. The van der Waals surface area contributed by atoms with Crippen LogP contribution in [0.25, 0.3) is 6.08 Å². The Balaban J connectivity index is 1.55. The van der Waals surface area contributed by atoms with Crippen molar-refractivity contribution in [1.29, 1.82) is 0 Å². The Morgan fingerprint density at radius 2 is 1.81 bits per heavy atom. The van der Waals surface area contributed by atoms with Crippen LogP contribution in [0.4, 0.5) is 4.39 Å². The largest absolute Gasteiger partial charge is 0.467 e. The van der Waals surface area contributed by atoms with Crippen LogP contribution in [0.5, 0.6) is 0 Å². The fraction of sp³-hybridized carbons (Fsp3) is 0.296. The van der Waals surface area contributed by atoms with Crippen molar-refractivity contribution < 1.29 is 26.8 Å². The Bertz CT molecular complexity index is 1240. The molecular weight excluding hydrogens is 483 g/mol. The number of benzene rings is 2. The Kier molecular flexibility index (Phi) is 8.69. The van der Waals surface area contributed by atoms with Gasteiger partial charge in [0.25, 0.3) is 0 Å². The molecule has 0 radical (unpaired) electrons. The minimum absolute atomic E-state index is 0.0817. The molecule has 0 N–H and O–H groups in total. The highest BCUT2D eigenvalue weighted by Crippen LogP contribution is 2.18. The Labute approximate surface area is 210 Å². The van der Waals surface area contributed by atoms with Gasteiger partial charge in [-0.05, 0) is 54.3 Å². The van der Waals surface area contributed by atoms with E-state index in [1.54, 1.807) is 36.4 Å². The molecule has 0 spiro atoms. The third-order valence-corrected chi connectivity index (χ3v) is 7.38. The van der Waals surface area contributed by atoms with E-state index in [0.29, 0.717) is 17.9 Å². The van der Waals surface area contributed by atoms with E-state index in [4.69, 9.17) is 9.15 Å². The summed E-state index contributed by atoms with van der Waals surface area (Å²) in [4.78, 5) is 15.0. The molecule has 190 valence electrons. The highest BCUT2D eigenvalue weighted by Gasteiger charge is 2.30. The molecule has 2 aromatic carbocycles. The summed E-state index contributed by atoms with van der Waals surface area (Å²) in [5.41, 5.74) is 1.45. The van der Waals surface area contributed by atoms with Crippen LogP contribution in [0, 0.1) is 5.82 Å². The van der Waals surface area contributed by atoms with E-state index in [1.807, 2.05) is 18.2 Å². The smallest absolute Gasteiger partial charge is 0.238 e. The standard InChI is InChI=1S/C27H29FN2O5S/c28-24-12-10-23(11-13-24)18-29(19-25-8-4-15-34-25)27(31)21-30(20-26-9-5-16-35-26)36(32,33)17-14-22-6-2-1-3-7-22/h1-4,6-8,10-15,17,26H,5,9,16,18-21H2/b17-14+. The minimum atomic E-state index is -3.92.